The van der Waals surface area contributed by atoms with Crippen molar-refractivity contribution in [3.8, 4) is 11.5 Å². The van der Waals surface area contributed by atoms with Crippen molar-refractivity contribution in [1.29, 1.82) is 0 Å². The smallest absolute Gasteiger partial charge is 0.286 e. The lowest BCUT2D eigenvalue weighted by molar-refractivity contribution is -0.131. The molecule has 2 amide bonds. The number of aromatic nitrogens is 2. The number of ether oxygens (including phenoxy) is 2. The number of benzene rings is 1. The molecule has 1 aromatic heterocycles. The summed E-state index contributed by atoms with van der Waals surface area (Å²) in [6.45, 7) is 3.53. The number of amides is 2. The van der Waals surface area contributed by atoms with E-state index in [1.165, 1.54) is 11.3 Å². The van der Waals surface area contributed by atoms with Gasteiger partial charge in [-0.2, -0.15) is 0 Å². The van der Waals surface area contributed by atoms with Crippen molar-refractivity contribution < 1.29 is 19.1 Å². The van der Waals surface area contributed by atoms with Gasteiger partial charge in [0.25, 0.3) is 5.91 Å². The monoisotopic (exact) mass is 388 g/mol. The van der Waals surface area contributed by atoms with Crippen molar-refractivity contribution in [2.24, 2.45) is 0 Å². The van der Waals surface area contributed by atoms with Crippen LogP contribution in [0.3, 0.4) is 0 Å². The predicted molar refractivity (Wildman–Crippen MR) is 99.3 cm³/mol. The Labute approximate surface area is 160 Å². The van der Waals surface area contributed by atoms with Gasteiger partial charge in [0.05, 0.1) is 0 Å². The first kappa shape index (κ1) is 17.7. The van der Waals surface area contributed by atoms with Crippen molar-refractivity contribution in [1.82, 2.24) is 15.1 Å². The average Bonchev–Trinajstić information content (AvgIpc) is 3.36. The number of piperidine rings is 1. The summed E-state index contributed by atoms with van der Waals surface area (Å²) in [4.78, 5) is 26.1. The second-order valence-corrected chi connectivity index (χ2v) is 7.49. The fourth-order valence-electron chi connectivity index (χ4n) is 3.25. The van der Waals surface area contributed by atoms with E-state index in [-0.39, 0.29) is 24.5 Å². The molecule has 3 heterocycles. The van der Waals surface area contributed by atoms with Gasteiger partial charge < -0.3 is 19.7 Å². The van der Waals surface area contributed by atoms with E-state index in [1.807, 2.05) is 11.8 Å². The number of fused-ring (bicyclic) bond motifs is 1. The standard InChI is InChI=1S/C18H20N4O4S/c1-2-15(23)22-7-5-11(6-8-22)17-20-21-18(27-17)16(24)19-12-3-4-13-14(9-12)26-10-25-13/h3-4,9,11H,2,5-8,10H2,1H3,(H,19,24). The van der Waals surface area contributed by atoms with E-state index in [4.69, 9.17) is 9.47 Å². The molecule has 2 aromatic rings. The van der Waals surface area contributed by atoms with Gasteiger partial charge in [-0.25, -0.2) is 0 Å². The first-order valence-corrected chi connectivity index (χ1v) is 9.78. The fraction of sp³-hybridized carbons (Fsp3) is 0.444. The summed E-state index contributed by atoms with van der Waals surface area (Å²) in [5.74, 6) is 1.42. The minimum absolute atomic E-state index is 0.189. The first-order valence-electron chi connectivity index (χ1n) is 8.96. The highest BCUT2D eigenvalue weighted by atomic mass is 32.1. The summed E-state index contributed by atoms with van der Waals surface area (Å²) >= 11 is 1.31. The van der Waals surface area contributed by atoms with Gasteiger partial charge in [0.15, 0.2) is 11.5 Å². The van der Waals surface area contributed by atoms with Crippen LogP contribution in [0.5, 0.6) is 11.5 Å². The zero-order valence-electron chi connectivity index (χ0n) is 14.9. The van der Waals surface area contributed by atoms with E-state index < -0.39 is 0 Å². The second kappa shape index (κ2) is 7.51. The van der Waals surface area contributed by atoms with Gasteiger partial charge in [-0.3, -0.25) is 9.59 Å². The van der Waals surface area contributed by atoms with Crippen LogP contribution >= 0.6 is 11.3 Å². The maximum atomic E-state index is 12.5. The van der Waals surface area contributed by atoms with Gasteiger partial charge in [-0.15, -0.1) is 10.2 Å². The Morgan fingerprint density at radius 2 is 2.00 bits per heavy atom. The van der Waals surface area contributed by atoms with E-state index in [9.17, 15) is 9.59 Å². The number of nitrogens with one attached hydrogen (secondary N) is 1. The largest absolute Gasteiger partial charge is 0.454 e. The SMILES string of the molecule is CCC(=O)N1CCC(c2nnc(C(=O)Nc3ccc4c(c3)OCO4)s2)CC1. The molecule has 0 bridgehead atoms. The second-order valence-electron chi connectivity index (χ2n) is 6.48. The van der Waals surface area contributed by atoms with Crippen molar-refractivity contribution in [2.75, 3.05) is 25.2 Å². The molecule has 1 N–H and O–H groups in total. The first-order chi connectivity index (χ1) is 13.1. The highest BCUT2D eigenvalue weighted by molar-refractivity contribution is 7.13. The van der Waals surface area contributed by atoms with E-state index in [0.29, 0.717) is 28.6 Å². The molecule has 2 aliphatic heterocycles. The molecule has 0 radical (unpaired) electrons. The van der Waals surface area contributed by atoms with Crippen molar-refractivity contribution in [2.45, 2.75) is 32.1 Å². The highest BCUT2D eigenvalue weighted by Crippen LogP contribution is 2.35. The van der Waals surface area contributed by atoms with Crippen molar-refractivity contribution >= 4 is 28.8 Å². The molecule has 9 heteroatoms. The van der Waals surface area contributed by atoms with E-state index in [2.05, 4.69) is 15.5 Å². The Kier molecular flexibility index (Phi) is 4.93. The number of nitrogens with zero attached hydrogens (tertiary/aromatic N) is 3. The van der Waals surface area contributed by atoms with Crippen molar-refractivity contribution in [3.63, 3.8) is 0 Å². The van der Waals surface area contributed by atoms with Gasteiger partial charge >= 0.3 is 0 Å². The Morgan fingerprint density at radius 1 is 1.22 bits per heavy atom. The number of hydrogen-bond donors (Lipinski definition) is 1. The third-order valence-corrected chi connectivity index (χ3v) is 5.85. The number of carbonyl (C=O) groups is 2. The molecule has 1 fully saturated rings. The van der Waals surface area contributed by atoms with Crippen LogP contribution in [0.4, 0.5) is 5.69 Å². The predicted octanol–water partition coefficient (Wildman–Crippen LogP) is 2.64. The Bertz CT molecular complexity index is 861. The number of carbonyl (C=O) groups excluding carboxylic acids is 2. The molecular formula is C18H20N4O4S. The summed E-state index contributed by atoms with van der Waals surface area (Å²) in [5.41, 5.74) is 0.618. The van der Waals surface area contributed by atoms with Gasteiger partial charge in [0, 0.05) is 37.2 Å². The van der Waals surface area contributed by atoms with Crippen molar-refractivity contribution in [3.05, 3.63) is 28.2 Å². The molecule has 8 nitrogen and oxygen atoms in total. The van der Waals surface area contributed by atoms with Crippen LogP contribution in [0.1, 0.15) is 46.9 Å². The highest BCUT2D eigenvalue weighted by Gasteiger charge is 2.26. The number of hydrogen-bond acceptors (Lipinski definition) is 7. The molecule has 0 atom stereocenters. The molecule has 0 saturated carbocycles. The summed E-state index contributed by atoms with van der Waals surface area (Å²) in [6, 6.07) is 5.24. The lowest BCUT2D eigenvalue weighted by Crippen LogP contribution is -2.37. The Balaban J connectivity index is 1.38. The molecule has 27 heavy (non-hydrogen) atoms. The average molecular weight is 388 g/mol. The maximum Gasteiger partial charge on any atom is 0.286 e. The quantitative estimate of drug-likeness (QED) is 0.865. The third kappa shape index (κ3) is 3.73. The normalized spacial score (nSPS) is 16.4. The molecule has 0 unspecified atom stereocenters. The molecule has 4 rings (SSSR count). The summed E-state index contributed by atoms with van der Waals surface area (Å²) in [5, 5.41) is 12.3. The van der Waals surface area contributed by atoms with E-state index in [1.54, 1.807) is 18.2 Å². The fourth-order valence-corrected chi connectivity index (χ4v) is 4.16. The minimum atomic E-state index is -0.295. The summed E-state index contributed by atoms with van der Waals surface area (Å²) in [6.07, 6.45) is 2.24. The number of anilines is 1. The molecule has 1 aromatic carbocycles. The topological polar surface area (TPSA) is 93.7 Å². The van der Waals surface area contributed by atoms with Gasteiger partial charge in [-0.05, 0) is 25.0 Å². The summed E-state index contributed by atoms with van der Waals surface area (Å²) in [7, 11) is 0. The molecule has 0 aliphatic carbocycles. The van der Waals surface area contributed by atoms with Crippen LogP contribution in [0.15, 0.2) is 18.2 Å². The van der Waals surface area contributed by atoms with Crippen LogP contribution in [0.2, 0.25) is 0 Å². The van der Waals surface area contributed by atoms with Crippen LogP contribution in [-0.4, -0.2) is 46.8 Å². The molecule has 1 saturated heterocycles. The maximum absolute atomic E-state index is 12.5. The lowest BCUT2D eigenvalue weighted by atomic mass is 9.97. The molecule has 0 spiro atoms. The van der Waals surface area contributed by atoms with Gasteiger partial charge in [0.2, 0.25) is 17.7 Å². The minimum Gasteiger partial charge on any atom is -0.454 e. The lowest BCUT2D eigenvalue weighted by Gasteiger charge is -2.30. The van der Waals surface area contributed by atoms with E-state index >= 15 is 0 Å². The van der Waals surface area contributed by atoms with Gasteiger partial charge in [0.1, 0.15) is 5.01 Å². The zero-order chi connectivity index (χ0) is 18.8. The van der Waals surface area contributed by atoms with Crippen LogP contribution < -0.4 is 14.8 Å². The van der Waals surface area contributed by atoms with Crippen LogP contribution in [-0.2, 0) is 4.79 Å². The number of rotatable bonds is 4. The number of likely N-dealkylation sites (tertiary alicyclic amines) is 1. The van der Waals surface area contributed by atoms with E-state index in [0.717, 1.165) is 30.9 Å². The molecule has 142 valence electrons. The van der Waals surface area contributed by atoms with Crippen LogP contribution in [0.25, 0.3) is 0 Å². The van der Waals surface area contributed by atoms with Gasteiger partial charge in [-0.1, -0.05) is 18.3 Å². The zero-order valence-corrected chi connectivity index (χ0v) is 15.8. The molecule has 2 aliphatic rings. The summed E-state index contributed by atoms with van der Waals surface area (Å²) < 4.78 is 10.6. The Morgan fingerprint density at radius 3 is 2.78 bits per heavy atom. The van der Waals surface area contributed by atoms with Crippen LogP contribution in [0, 0.1) is 0 Å². The molecular weight excluding hydrogens is 368 g/mol. The Hall–Kier alpha value is -2.68. The third-order valence-electron chi connectivity index (χ3n) is 4.76.